The van der Waals surface area contributed by atoms with Crippen LogP contribution in [0.3, 0.4) is 0 Å². The zero-order valence-corrected chi connectivity index (χ0v) is 19.6. The molecule has 0 heterocycles. The number of hydrogen-bond donors (Lipinski definition) is 1. The van der Waals surface area contributed by atoms with E-state index in [-0.39, 0.29) is 36.7 Å². The van der Waals surface area contributed by atoms with Crippen molar-refractivity contribution in [2.45, 2.75) is 85.0 Å². The van der Waals surface area contributed by atoms with Crippen molar-refractivity contribution in [2.75, 3.05) is 12.4 Å². The Hall–Kier alpha value is 0.120. The molecule has 0 saturated heterocycles. The predicted octanol–water partition coefficient (Wildman–Crippen LogP) is 1.44. The summed E-state index contributed by atoms with van der Waals surface area (Å²) in [5.41, 5.74) is 5.09. The van der Waals surface area contributed by atoms with Crippen molar-refractivity contribution in [1.29, 1.82) is 0 Å². The van der Waals surface area contributed by atoms with Gasteiger partial charge in [-0.05, 0) is 20.3 Å². The largest absolute Gasteiger partial charge is 1.00 e. The molecule has 7 heteroatoms. The molecule has 0 fully saturated rings. The number of primary amides is 1. The molecule has 0 bridgehead atoms. The van der Waals surface area contributed by atoms with E-state index in [2.05, 4.69) is 13.5 Å². The molecule has 146 valence electrons. The normalized spacial score (nSPS) is 10.4. The van der Waals surface area contributed by atoms with Gasteiger partial charge in [0.15, 0.2) is 0 Å². The zero-order chi connectivity index (χ0) is 18.8. The number of hydrogen-bond acceptors (Lipinski definition) is 4. The molecule has 0 aliphatic rings. The fourth-order valence-electron chi connectivity index (χ4n) is 1.86. The second-order valence-electron chi connectivity index (χ2n) is 5.99. The van der Waals surface area contributed by atoms with E-state index >= 15 is 0 Å². The SMILES string of the molecule is C=C(C)C(N)=O.CCCCCCCCCCCCOS(=O)(=O)CC.[H-].[Na+]. The van der Waals surface area contributed by atoms with Crippen LogP contribution in [0.25, 0.3) is 0 Å². The van der Waals surface area contributed by atoms with Crippen LogP contribution in [0.15, 0.2) is 12.2 Å². The van der Waals surface area contributed by atoms with Gasteiger partial charge < -0.3 is 7.16 Å². The summed E-state index contributed by atoms with van der Waals surface area (Å²) in [6, 6.07) is 0. The molecule has 0 aliphatic carbocycles. The quantitative estimate of drug-likeness (QED) is 0.211. The molecule has 0 unspecified atom stereocenters. The van der Waals surface area contributed by atoms with E-state index < -0.39 is 16.0 Å². The van der Waals surface area contributed by atoms with Gasteiger partial charge in [0.2, 0.25) is 5.91 Å². The smallest absolute Gasteiger partial charge is 1.00 e. The van der Waals surface area contributed by atoms with Crippen molar-refractivity contribution in [3.8, 4) is 0 Å². The second kappa shape index (κ2) is 20.4. The second-order valence-corrected chi connectivity index (χ2v) is 7.92. The molecule has 0 saturated carbocycles. The van der Waals surface area contributed by atoms with Gasteiger partial charge in [0.25, 0.3) is 10.1 Å². The Kier molecular flexibility index (Phi) is 24.4. The Balaban J connectivity index is -0.000000261. The number of unbranched alkanes of at least 4 members (excludes halogenated alkanes) is 9. The molecular weight excluding hydrogens is 349 g/mol. The topological polar surface area (TPSA) is 86.5 Å². The van der Waals surface area contributed by atoms with E-state index in [1.807, 2.05) is 0 Å². The average molecular weight is 388 g/mol. The van der Waals surface area contributed by atoms with Crippen molar-refractivity contribution >= 4 is 16.0 Å². The minimum absolute atomic E-state index is 0. The molecular formula is C18H38NNaO4S. The van der Waals surface area contributed by atoms with Gasteiger partial charge in [-0.3, -0.25) is 8.98 Å². The summed E-state index contributed by atoms with van der Waals surface area (Å²) in [5, 5.41) is 0. The van der Waals surface area contributed by atoms with Crippen molar-refractivity contribution in [2.24, 2.45) is 5.73 Å². The first-order valence-electron chi connectivity index (χ1n) is 9.09. The van der Waals surface area contributed by atoms with Crippen LogP contribution < -0.4 is 35.3 Å². The third kappa shape index (κ3) is 26.5. The van der Waals surface area contributed by atoms with Gasteiger partial charge in [0, 0.05) is 5.57 Å². The number of amides is 1. The van der Waals surface area contributed by atoms with Gasteiger partial charge in [-0.1, -0.05) is 71.3 Å². The standard InChI is InChI=1S/C14H30O3S.C4H7NO.Na.H/c1-3-5-6-7-8-9-10-11-12-13-14-17-18(15,16)4-2;1-3(2)4(5)6;;/h3-14H2,1-2H3;1H2,2H3,(H2,5,6);;/q;;+1;-1. The summed E-state index contributed by atoms with van der Waals surface area (Å²) < 4.78 is 26.9. The summed E-state index contributed by atoms with van der Waals surface area (Å²) in [4.78, 5) is 9.82. The molecule has 0 radical (unpaired) electrons. The van der Waals surface area contributed by atoms with E-state index in [4.69, 9.17) is 9.92 Å². The van der Waals surface area contributed by atoms with Crippen LogP contribution in [0.5, 0.6) is 0 Å². The first kappa shape index (κ1) is 29.9. The number of nitrogens with two attached hydrogens (primary N) is 1. The van der Waals surface area contributed by atoms with Gasteiger partial charge in [-0.15, -0.1) is 0 Å². The molecule has 0 aromatic rings. The maximum atomic E-state index is 11.0. The van der Waals surface area contributed by atoms with Crippen LogP contribution in [0, 0.1) is 0 Å². The van der Waals surface area contributed by atoms with Crippen LogP contribution >= 0.6 is 0 Å². The van der Waals surface area contributed by atoms with Crippen LogP contribution in [0.1, 0.15) is 86.4 Å². The summed E-state index contributed by atoms with van der Waals surface area (Å²) in [6.07, 6.45) is 12.5. The van der Waals surface area contributed by atoms with E-state index in [0.29, 0.717) is 12.2 Å². The Bertz CT molecular complexity index is 419. The maximum absolute atomic E-state index is 11.0. The van der Waals surface area contributed by atoms with E-state index in [1.54, 1.807) is 13.8 Å². The number of rotatable bonds is 14. The van der Waals surface area contributed by atoms with E-state index in [1.165, 1.54) is 51.4 Å². The third-order valence-corrected chi connectivity index (χ3v) is 4.77. The van der Waals surface area contributed by atoms with Gasteiger partial charge >= 0.3 is 29.6 Å². The molecule has 0 rings (SSSR count). The summed E-state index contributed by atoms with van der Waals surface area (Å²) >= 11 is 0. The van der Waals surface area contributed by atoms with Crippen molar-refractivity contribution < 1.29 is 48.4 Å². The summed E-state index contributed by atoms with van der Waals surface area (Å²) in [5.74, 6) is -0.361. The number of carbonyl (C=O) groups excluding carboxylic acids is 1. The number of carbonyl (C=O) groups is 1. The van der Waals surface area contributed by atoms with Crippen LogP contribution in [-0.2, 0) is 19.1 Å². The van der Waals surface area contributed by atoms with Gasteiger partial charge in [0.05, 0.1) is 12.4 Å². The van der Waals surface area contributed by atoms with Crippen molar-refractivity contribution in [1.82, 2.24) is 0 Å². The minimum atomic E-state index is -3.23. The first-order valence-corrected chi connectivity index (χ1v) is 10.7. The minimum Gasteiger partial charge on any atom is -1.00 e. The van der Waals surface area contributed by atoms with Gasteiger partial charge in [-0.2, -0.15) is 8.42 Å². The fourth-order valence-corrected chi connectivity index (χ4v) is 2.40. The maximum Gasteiger partial charge on any atom is 1.00 e. The Morgan fingerprint density at radius 3 is 1.64 bits per heavy atom. The summed E-state index contributed by atoms with van der Waals surface area (Å²) in [6.45, 7) is 9.05. The molecule has 0 aromatic carbocycles. The van der Waals surface area contributed by atoms with E-state index in [0.717, 1.165) is 12.8 Å². The molecule has 0 aliphatic heterocycles. The molecule has 2 N–H and O–H groups in total. The fraction of sp³-hybridized carbons (Fsp3) is 0.833. The molecule has 1 amide bonds. The molecule has 25 heavy (non-hydrogen) atoms. The molecule has 0 spiro atoms. The van der Waals surface area contributed by atoms with Crippen LogP contribution in [-0.4, -0.2) is 26.7 Å². The van der Waals surface area contributed by atoms with Gasteiger partial charge in [0.1, 0.15) is 0 Å². The molecule has 5 nitrogen and oxygen atoms in total. The van der Waals surface area contributed by atoms with Crippen LogP contribution in [0.4, 0.5) is 0 Å². The third-order valence-electron chi connectivity index (χ3n) is 3.53. The van der Waals surface area contributed by atoms with Crippen molar-refractivity contribution in [3.63, 3.8) is 0 Å². The molecule has 0 aromatic heterocycles. The monoisotopic (exact) mass is 387 g/mol. The average Bonchev–Trinajstić information content (AvgIpc) is 2.53. The van der Waals surface area contributed by atoms with Gasteiger partial charge in [-0.25, -0.2) is 0 Å². The van der Waals surface area contributed by atoms with Crippen LogP contribution in [0.2, 0.25) is 0 Å². The Labute approximate surface area is 179 Å². The Morgan fingerprint density at radius 2 is 1.32 bits per heavy atom. The summed E-state index contributed by atoms with van der Waals surface area (Å²) in [7, 11) is -3.23. The predicted molar refractivity (Wildman–Crippen MR) is 102 cm³/mol. The Morgan fingerprint density at radius 1 is 0.960 bits per heavy atom. The zero-order valence-electron chi connectivity index (χ0n) is 17.8. The van der Waals surface area contributed by atoms with E-state index in [9.17, 15) is 13.2 Å². The van der Waals surface area contributed by atoms with Crippen molar-refractivity contribution in [3.05, 3.63) is 12.2 Å². The first-order chi connectivity index (χ1) is 11.3. The molecule has 0 atom stereocenters.